The average molecular weight is 504 g/mol. The second-order valence-electron chi connectivity index (χ2n) is 9.58. The lowest BCUT2D eigenvalue weighted by molar-refractivity contribution is 0.184. The van der Waals surface area contributed by atoms with Crippen LogP contribution in [0.25, 0.3) is 0 Å². The zero-order chi connectivity index (χ0) is 24.7. The quantitative estimate of drug-likeness (QED) is 0.616. The zero-order valence-corrected chi connectivity index (χ0v) is 20.8. The third kappa shape index (κ3) is 4.68. The van der Waals surface area contributed by atoms with Crippen molar-refractivity contribution in [3.63, 3.8) is 0 Å². The third-order valence-electron chi connectivity index (χ3n) is 7.14. The summed E-state index contributed by atoms with van der Waals surface area (Å²) in [6.45, 7) is 2.61. The van der Waals surface area contributed by atoms with E-state index in [1.807, 2.05) is 14.0 Å². The van der Waals surface area contributed by atoms with Gasteiger partial charge >= 0.3 is 0 Å². The number of fused-ring (bicyclic) bond motifs is 2. The first-order chi connectivity index (χ1) is 16.7. The highest BCUT2D eigenvalue weighted by atomic mass is 32.2. The van der Waals surface area contributed by atoms with Crippen molar-refractivity contribution < 1.29 is 17.3 Å². The lowest BCUT2D eigenvalue weighted by Crippen LogP contribution is -2.51. The van der Waals surface area contributed by atoms with E-state index >= 15 is 0 Å². The highest BCUT2D eigenvalue weighted by molar-refractivity contribution is 7.90. The van der Waals surface area contributed by atoms with Crippen LogP contribution in [0.15, 0.2) is 37.6 Å². The van der Waals surface area contributed by atoms with Crippen molar-refractivity contribution in [3.05, 3.63) is 35.7 Å². The molecule has 0 saturated carbocycles. The second kappa shape index (κ2) is 9.30. The lowest BCUT2D eigenvalue weighted by Gasteiger charge is -2.43. The Kier molecular flexibility index (Phi) is 6.34. The van der Waals surface area contributed by atoms with Gasteiger partial charge in [-0.2, -0.15) is 4.98 Å². The number of piperidine rings is 1. The monoisotopic (exact) mass is 503 g/mol. The van der Waals surface area contributed by atoms with Crippen LogP contribution in [-0.4, -0.2) is 67.2 Å². The van der Waals surface area contributed by atoms with Crippen molar-refractivity contribution in [2.75, 3.05) is 18.6 Å². The maximum Gasteiger partial charge on any atom is 0.229 e. The van der Waals surface area contributed by atoms with Crippen LogP contribution in [0.4, 0.5) is 10.1 Å². The fourth-order valence-corrected chi connectivity index (χ4v) is 6.07. The normalized spacial score (nSPS) is 28.3. The minimum Gasteiger partial charge on any atom is -0.361 e. The maximum absolute atomic E-state index is 14.7. The van der Waals surface area contributed by atoms with Gasteiger partial charge in [0.25, 0.3) is 0 Å². The van der Waals surface area contributed by atoms with Crippen molar-refractivity contribution in [2.24, 2.45) is 15.9 Å². The van der Waals surface area contributed by atoms with E-state index in [2.05, 4.69) is 35.7 Å². The summed E-state index contributed by atoms with van der Waals surface area (Å²) >= 11 is 0. The molecule has 12 heteroatoms. The summed E-state index contributed by atoms with van der Waals surface area (Å²) in [5, 5.41) is 10.2. The number of nitrogens with zero attached hydrogens (tertiary/aromatic N) is 5. The average Bonchev–Trinajstić information content (AvgIpc) is 3.37. The van der Waals surface area contributed by atoms with E-state index in [1.165, 1.54) is 18.5 Å². The third-order valence-corrected chi connectivity index (χ3v) is 8.25. The molecule has 2 N–H and O–H groups in total. The van der Waals surface area contributed by atoms with Crippen LogP contribution in [0.3, 0.4) is 0 Å². The molecule has 4 atom stereocenters. The van der Waals surface area contributed by atoms with E-state index in [4.69, 9.17) is 4.52 Å². The number of amidine groups is 1. The Balaban J connectivity index is 1.29. The molecule has 0 aliphatic carbocycles. The summed E-state index contributed by atoms with van der Waals surface area (Å²) in [4.78, 5) is 16.0. The van der Waals surface area contributed by atoms with Crippen molar-refractivity contribution in [1.82, 2.24) is 20.4 Å². The fourth-order valence-electron chi connectivity index (χ4n) is 5.44. The van der Waals surface area contributed by atoms with E-state index in [0.29, 0.717) is 30.3 Å². The van der Waals surface area contributed by atoms with Gasteiger partial charge in [-0.05, 0) is 50.9 Å². The number of rotatable bonds is 6. The lowest BCUT2D eigenvalue weighted by atomic mass is 9.89. The molecule has 4 unspecified atom stereocenters. The molecule has 0 radical (unpaired) electrons. The highest BCUT2D eigenvalue weighted by Gasteiger charge is 2.46. The van der Waals surface area contributed by atoms with Crippen LogP contribution < -0.4 is 10.6 Å². The van der Waals surface area contributed by atoms with Crippen LogP contribution in [0.2, 0.25) is 0 Å². The Bertz CT molecular complexity index is 1250. The maximum atomic E-state index is 14.7. The molecule has 3 aliphatic heterocycles. The molecule has 1 aromatic heterocycles. The Labute approximate surface area is 204 Å². The molecule has 35 heavy (non-hydrogen) atoms. The molecule has 1 aromatic carbocycles. The molecule has 188 valence electrons. The van der Waals surface area contributed by atoms with Crippen LogP contribution in [0, 0.1) is 11.7 Å². The Morgan fingerprint density at radius 3 is 2.63 bits per heavy atom. The van der Waals surface area contributed by atoms with Gasteiger partial charge in [0.15, 0.2) is 15.7 Å². The summed E-state index contributed by atoms with van der Waals surface area (Å²) in [5.74, 6) is 1.82. The summed E-state index contributed by atoms with van der Waals surface area (Å²) < 4.78 is 43.7. The molecule has 10 nitrogen and oxygen atoms in total. The molecular formula is C23H30FN7O3S. The Morgan fingerprint density at radius 2 is 1.97 bits per heavy atom. The Morgan fingerprint density at radius 1 is 1.23 bits per heavy atom. The molecule has 0 spiro atoms. The number of sulfone groups is 1. The molecule has 0 amide bonds. The number of hydrogen-bond acceptors (Lipinski definition) is 10. The van der Waals surface area contributed by atoms with Gasteiger partial charge in [0.1, 0.15) is 24.2 Å². The number of aromatic nitrogens is 2. The van der Waals surface area contributed by atoms with Gasteiger partial charge in [0.2, 0.25) is 5.89 Å². The number of anilines is 1. The van der Waals surface area contributed by atoms with Crippen LogP contribution in [0.5, 0.6) is 0 Å². The smallest absolute Gasteiger partial charge is 0.229 e. The number of halogens is 1. The van der Waals surface area contributed by atoms with Gasteiger partial charge in [-0.1, -0.05) is 12.1 Å². The Hall–Kier alpha value is -2.86. The van der Waals surface area contributed by atoms with Gasteiger partial charge in [-0.3, -0.25) is 0 Å². The SMILES string of the molecule is CNCc1noc(C2CC3CCC(C2)N3C2=NC=NC(Nc3ccc(S(C)(=O)=O)cc3F)C2C)n1. The van der Waals surface area contributed by atoms with Crippen molar-refractivity contribution in [1.29, 1.82) is 0 Å². The van der Waals surface area contributed by atoms with Crippen LogP contribution in [-0.2, 0) is 16.4 Å². The van der Waals surface area contributed by atoms with E-state index in [9.17, 15) is 12.8 Å². The minimum atomic E-state index is -3.48. The van der Waals surface area contributed by atoms with Gasteiger partial charge in [-0.25, -0.2) is 22.8 Å². The van der Waals surface area contributed by atoms with E-state index in [0.717, 1.165) is 43.8 Å². The largest absolute Gasteiger partial charge is 0.361 e. The van der Waals surface area contributed by atoms with Gasteiger partial charge in [0.05, 0.1) is 23.0 Å². The molecule has 2 fully saturated rings. The van der Waals surface area contributed by atoms with E-state index in [-0.39, 0.29) is 22.4 Å². The van der Waals surface area contributed by atoms with Gasteiger partial charge < -0.3 is 20.1 Å². The summed E-state index contributed by atoms with van der Waals surface area (Å²) in [5.41, 5.74) is 0.211. The van der Waals surface area contributed by atoms with E-state index in [1.54, 1.807) is 0 Å². The predicted octanol–water partition coefficient (Wildman–Crippen LogP) is 2.56. The number of hydrogen-bond donors (Lipinski definition) is 2. The van der Waals surface area contributed by atoms with Crippen molar-refractivity contribution >= 4 is 27.7 Å². The predicted molar refractivity (Wildman–Crippen MR) is 130 cm³/mol. The summed E-state index contributed by atoms with van der Waals surface area (Å²) in [6.07, 6.45) is 6.15. The van der Waals surface area contributed by atoms with E-state index < -0.39 is 21.8 Å². The first-order valence-corrected chi connectivity index (χ1v) is 13.7. The molecule has 2 bridgehead atoms. The number of aliphatic imine (C=N–C) groups is 2. The van der Waals surface area contributed by atoms with Crippen molar-refractivity contribution in [2.45, 2.75) is 68.2 Å². The molecule has 2 aromatic rings. The molecule has 2 saturated heterocycles. The standard InChI is InChI=1S/C23H30FN7O3S/c1-13-21(28-19-7-6-17(10-18(19)24)35(3,32)33)26-12-27-22(13)31-15-4-5-16(31)9-14(8-15)23-29-20(11-25-2)30-34-23/h6-7,10,12-16,21,25,28H,4-5,8-9,11H2,1-3H3. The number of benzene rings is 1. The highest BCUT2D eigenvalue weighted by Crippen LogP contribution is 2.44. The van der Waals surface area contributed by atoms with Crippen molar-refractivity contribution in [3.8, 4) is 0 Å². The fraction of sp³-hybridized carbons (Fsp3) is 0.565. The molecular weight excluding hydrogens is 473 g/mol. The molecule has 5 rings (SSSR count). The first kappa shape index (κ1) is 23.9. The summed E-state index contributed by atoms with van der Waals surface area (Å²) in [6, 6.07) is 4.52. The van der Waals surface area contributed by atoms with Gasteiger partial charge in [0, 0.05) is 24.3 Å². The summed E-state index contributed by atoms with van der Waals surface area (Å²) in [7, 11) is -1.63. The first-order valence-electron chi connectivity index (χ1n) is 11.9. The zero-order valence-electron chi connectivity index (χ0n) is 20.0. The molecule has 4 heterocycles. The van der Waals surface area contributed by atoms with Crippen LogP contribution in [0.1, 0.15) is 50.2 Å². The minimum absolute atomic E-state index is 0.0539. The topological polar surface area (TPSA) is 125 Å². The second-order valence-corrected chi connectivity index (χ2v) is 11.6. The number of nitrogens with one attached hydrogen (secondary N) is 2. The molecule has 3 aliphatic rings. The van der Waals surface area contributed by atoms with Gasteiger partial charge in [-0.15, -0.1) is 0 Å². The van der Waals surface area contributed by atoms with Crippen LogP contribution >= 0.6 is 0 Å².